The maximum Gasteiger partial charge on any atom is 0.416 e. The molecule has 0 saturated heterocycles. The van der Waals surface area contributed by atoms with Gasteiger partial charge in [0, 0.05) is 4.88 Å². The second kappa shape index (κ2) is 5.97. The van der Waals surface area contributed by atoms with Crippen LogP contribution in [0.1, 0.15) is 34.5 Å². The van der Waals surface area contributed by atoms with Crippen LogP contribution in [0, 0.1) is 6.92 Å². The van der Waals surface area contributed by atoms with Crippen molar-refractivity contribution in [2.45, 2.75) is 26.1 Å². The van der Waals surface area contributed by atoms with Gasteiger partial charge in [-0.25, -0.2) is 0 Å². The first-order chi connectivity index (χ1) is 9.41. The van der Waals surface area contributed by atoms with Crippen LogP contribution in [0.15, 0.2) is 35.7 Å². The van der Waals surface area contributed by atoms with E-state index in [1.807, 2.05) is 25.3 Å². The van der Waals surface area contributed by atoms with E-state index < -0.39 is 11.7 Å². The number of benzene rings is 1. The third kappa shape index (κ3) is 3.41. The summed E-state index contributed by atoms with van der Waals surface area (Å²) in [6.45, 7) is 4.62. The topological polar surface area (TPSA) is 12.0 Å². The van der Waals surface area contributed by atoms with Crippen LogP contribution in [0.4, 0.5) is 13.2 Å². The zero-order valence-corrected chi connectivity index (χ0v) is 12.1. The smallest absolute Gasteiger partial charge is 0.307 e. The summed E-state index contributed by atoms with van der Waals surface area (Å²) >= 11 is 1.60. The van der Waals surface area contributed by atoms with Crippen LogP contribution in [0.2, 0.25) is 0 Å². The van der Waals surface area contributed by atoms with Crippen LogP contribution in [0.3, 0.4) is 0 Å². The van der Waals surface area contributed by atoms with E-state index in [1.54, 1.807) is 17.4 Å². The van der Waals surface area contributed by atoms with Gasteiger partial charge in [0.1, 0.15) is 0 Å². The third-order valence-corrected chi connectivity index (χ3v) is 3.92. The van der Waals surface area contributed by atoms with Crippen LogP contribution in [0.25, 0.3) is 0 Å². The zero-order chi connectivity index (χ0) is 14.8. The van der Waals surface area contributed by atoms with Crippen LogP contribution < -0.4 is 5.32 Å². The fourth-order valence-corrected chi connectivity index (χ4v) is 2.87. The second-order valence-corrected chi connectivity index (χ2v) is 5.72. The molecule has 0 amide bonds. The van der Waals surface area contributed by atoms with Gasteiger partial charge < -0.3 is 5.32 Å². The average Bonchev–Trinajstić information content (AvgIpc) is 2.81. The normalized spacial score (nSPS) is 13.4. The lowest BCUT2D eigenvalue weighted by molar-refractivity contribution is -0.137. The maximum atomic E-state index is 12.8. The number of rotatable bonds is 4. The monoisotopic (exact) mass is 299 g/mol. The van der Waals surface area contributed by atoms with E-state index in [-0.39, 0.29) is 6.04 Å². The lowest BCUT2D eigenvalue weighted by atomic mass is 9.98. The minimum Gasteiger partial charge on any atom is -0.307 e. The van der Waals surface area contributed by atoms with E-state index in [1.165, 1.54) is 12.1 Å². The predicted molar refractivity (Wildman–Crippen MR) is 76.0 cm³/mol. The van der Waals surface area contributed by atoms with E-state index in [4.69, 9.17) is 0 Å². The van der Waals surface area contributed by atoms with E-state index in [0.717, 1.165) is 16.5 Å². The van der Waals surface area contributed by atoms with Gasteiger partial charge in [0.15, 0.2) is 0 Å². The quantitative estimate of drug-likeness (QED) is 0.857. The molecule has 0 spiro atoms. The van der Waals surface area contributed by atoms with Crippen molar-refractivity contribution in [3.63, 3.8) is 0 Å². The highest BCUT2D eigenvalue weighted by molar-refractivity contribution is 7.10. The van der Waals surface area contributed by atoms with Crippen molar-refractivity contribution < 1.29 is 13.2 Å². The van der Waals surface area contributed by atoms with E-state index in [0.29, 0.717) is 12.1 Å². The fourth-order valence-electron chi connectivity index (χ4n) is 2.14. The van der Waals surface area contributed by atoms with Crippen LogP contribution in [-0.4, -0.2) is 6.54 Å². The number of aryl methyl sites for hydroxylation is 1. The van der Waals surface area contributed by atoms with Gasteiger partial charge in [-0.05, 0) is 48.2 Å². The van der Waals surface area contributed by atoms with Gasteiger partial charge in [0.05, 0.1) is 11.6 Å². The van der Waals surface area contributed by atoms with E-state index in [2.05, 4.69) is 5.32 Å². The molecule has 1 heterocycles. The Balaban J connectivity index is 2.39. The second-order valence-electron chi connectivity index (χ2n) is 4.60. The molecular weight excluding hydrogens is 283 g/mol. The molecule has 0 aliphatic heterocycles. The predicted octanol–water partition coefficient (Wildman–Crippen LogP) is 4.77. The summed E-state index contributed by atoms with van der Waals surface area (Å²) < 4.78 is 38.4. The first-order valence-electron chi connectivity index (χ1n) is 6.37. The van der Waals surface area contributed by atoms with Gasteiger partial charge >= 0.3 is 6.18 Å². The summed E-state index contributed by atoms with van der Waals surface area (Å²) in [7, 11) is 0. The summed E-state index contributed by atoms with van der Waals surface area (Å²) in [4.78, 5) is 1.15. The van der Waals surface area contributed by atoms with E-state index in [9.17, 15) is 13.2 Å². The van der Waals surface area contributed by atoms with Gasteiger partial charge in [-0.3, -0.25) is 0 Å². The SMILES string of the molecule is CCNC(c1cccc(C(F)(F)F)c1)c1csc(C)c1. The van der Waals surface area contributed by atoms with Crippen molar-refractivity contribution in [1.82, 2.24) is 5.32 Å². The third-order valence-electron chi connectivity index (χ3n) is 3.04. The molecule has 1 unspecified atom stereocenters. The highest BCUT2D eigenvalue weighted by Crippen LogP contribution is 2.33. The van der Waals surface area contributed by atoms with Crippen molar-refractivity contribution in [3.05, 3.63) is 57.3 Å². The number of thiophene rings is 1. The Bertz CT molecular complexity index is 574. The molecule has 0 radical (unpaired) electrons. The molecule has 0 aliphatic rings. The molecule has 1 aromatic heterocycles. The van der Waals surface area contributed by atoms with Gasteiger partial charge in [-0.15, -0.1) is 11.3 Å². The largest absolute Gasteiger partial charge is 0.416 e. The number of alkyl halides is 3. The van der Waals surface area contributed by atoms with Crippen LogP contribution in [0.5, 0.6) is 0 Å². The van der Waals surface area contributed by atoms with Crippen molar-refractivity contribution in [1.29, 1.82) is 0 Å². The molecule has 20 heavy (non-hydrogen) atoms. The Labute approximate surface area is 120 Å². The Morgan fingerprint density at radius 1 is 1.20 bits per heavy atom. The Morgan fingerprint density at radius 2 is 1.95 bits per heavy atom. The summed E-state index contributed by atoms with van der Waals surface area (Å²) in [5, 5.41) is 5.24. The summed E-state index contributed by atoms with van der Waals surface area (Å²) in [6, 6.07) is 7.33. The Kier molecular flexibility index (Phi) is 4.50. The molecule has 1 atom stereocenters. The number of halogens is 3. The van der Waals surface area contributed by atoms with Crippen molar-refractivity contribution >= 4 is 11.3 Å². The maximum absolute atomic E-state index is 12.8. The zero-order valence-electron chi connectivity index (χ0n) is 11.3. The summed E-state index contributed by atoms with van der Waals surface area (Å²) in [5.41, 5.74) is 1.04. The summed E-state index contributed by atoms with van der Waals surface area (Å²) in [5.74, 6) is 0. The number of hydrogen-bond acceptors (Lipinski definition) is 2. The van der Waals surface area contributed by atoms with Gasteiger partial charge in [-0.2, -0.15) is 13.2 Å². The van der Waals surface area contributed by atoms with Crippen LogP contribution in [-0.2, 0) is 6.18 Å². The molecule has 2 rings (SSSR count). The Morgan fingerprint density at radius 3 is 2.50 bits per heavy atom. The molecule has 2 aromatic rings. The molecule has 1 nitrogen and oxygen atoms in total. The van der Waals surface area contributed by atoms with Gasteiger partial charge in [-0.1, -0.05) is 19.1 Å². The molecule has 1 N–H and O–H groups in total. The van der Waals surface area contributed by atoms with Crippen molar-refractivity contribution in [3.8, 4) is 0 Å². The molecule has 0 bridgehead atoms. The minimum absolute atomic E-state index is 0.202. The lowest BCUT2D eigenvalue weighted by Crippen LogP contribution is -2.22. The average molecular weight is 299 g/mol. The van der Waals surface area contributed by atoms with Crippen molar-refractivity contribution in [2.24, 2.45) is 0 Å². The van der Waals surface area contributed by atoms with Gasteiger partial charge in [0.25, 0.3) is 0 Å². The molecule has 0 saturated carbocycles. The fraction of sp³-hybridized carbons (Fsp3) is 0.333. The van der Waals surface area contributed by atoms with E-state index >= 15 is 0 Å². The molecule has 0 fully saturated rings. The molecule has 1 aromatic carbocycles. The first-order valence-corrected chi connectivity index (χ1v) is 7.25. The number of hydrogen-bond donors (Lipinski definition) is 1. The first kappa shape index (κ1) is 15.1. The lowest BCUT2D eigenvalue weighted by Gasteiger charge is -2.19. The van der Waals surface area contributed by atoms with Crippen LogP contribution >= 0.6 is 11.3 Å². The molecule has 108 valence electrons. The minimum atomic E-state index is -4.31. The van der Waals surface area contributed by atoms with Crippen molar-refractivity contribution in [2.75, 3.05) is 6.54 Å². The Hall–Kier alpha value is -1.33. The molecule has 0 aliphatic carbocycles. The summed E-state index contributed by atoms with van der Waals surface area (Å²) in [6.07, 6.45) is -4.31. The molecule has 5 heteroatoms. The molecular formula is C15H16F3NS. The standard InChI is InChI=1S/C15H16F3NS/c1-3-19-14(12-7-10(2)20-9-12)11-5-4-6-13(8-11)15(16,17)18/h4-9,14,19H,3H2,1-2H3. The van der Waals surface area contributed by atoms with Gasteiger partial charge in [0.2, 0.25) is 0 Å². The highest BCUT2D eigenvalue weighted by Gasteiger charge is 2.31. The number of nitrogens with one attached hydrogen (secondary N) is 1. The highest BCUT2D eigenvalue weighted by atomic mass is 32.1.